The van der Waals surface area contributed by atoms with Gasteiger partial charge in [0.2, 0.25) is 0 Å². The molecule has 45 heavy (non-hydrogen) atoms. The number of carbonyl (C=O) groups is 1. The number of nitrogens with two attached hydrogens (primary N) is 1. The number of pyridine rings is 2. The molecule has 232 valence electrons. The van der Waals surface area contributed by atoms with Crippen LogP contribution >= 0.6 is 0 Å². The quantitative estimate of drug-likeness (QED) is 0.237. The molecule has 1 amide bonds. The van der Waals surface area contributed by atoms with E-state index in [-0.39, 0.29) is 35.3 Å². The molecule has 6 heterocycles. The third-order valence-corrected chi connectivity index (χ3v) is 9.83. The van der Waals surface area contributed by atoms with Gasteiger partial charge in [-0.05, 0) is 75.3 Å². The fourth-order valence-corrected chi connectivity index (χ4v) is 7.46. The lowest BCUT2D eigenvalue weighted by molar-refractivity contribution is -0.137. The van der Waals surface area contributed by atoms with Crippen molar-refractivity contribution in [2.45, 2.75) is 69.9 Å². The molecular weight excluding hydrogens is 581 g/mol. The van der Waals surface area contributed by atoms with Crippen LogP contribution in [0.1, 0.15) is 53.7 Å². The first kappa shape index (κ1) is 28.1. The molecule has 3 fully saturated rings. The van der Waals surface area contributed by atoms with E-state index in [1.807, 2.05) is 34.4 Å². The number of hydrogen-bond donors (Lipinski definition) is 1. The zero-order chi connectivity index (χ0) is 31.2. The van der Waals surface area contributed by atoms with E-state index in [1.165, 1.54) is 12.1 Å². The summed E-state index contributed by atoms with van der Waals surface area (Å²) in [5, 5.41) is 0.819. The predicted octanol–water partition coefficient (Wildman–Crippen LogP) is 6.47. The number of rotatable bonds is 6. The van der Waals surface area contributed by atoms with E-state index in [4.69, 9.17) is 20.4 Å². The number of aryl methyl sites for hydroxylation is 1. The zero-order valence-electron chi connectivity index (χ0n) is 25.0. The molecule has 2 N–H and O–H groups in total. The van der Waals surface area contributed by atoms with Gasteiger partial charge < -0.3 is 19.9 Å². The predicted molar refractivity (Wildman–Crippen MR) is 164 cm³/mol. The molecule has 1 aliphatic carbocycles. The minimum atomic E-state index is -4.50. The number of benzene rings is 1. The average Bonchev–Trinajstić information content (AvgIpc) is 3.35. The molecule has 8 rings (SSSR count). The number of imidazole rings is 1. The molecule has 3 aliphatic rings. The molecule has 5 aromatic rings. The van der Waals surface area contributed by atoms with Gasteiger partial charge in [-0.25, -0.2) is 9.97 Å². The summed E-state index contributed by atoms with van der Waals surface area (Å²) < 4.78 is 51.4. The SMILES string of the molecule is COc1cc(C(=O)N2[C@H]3CC[C@@H]2[C@H](N)C3)cc2nc(-c3cc4ccc(-c5ccccc5C(F)(F)F)nc4n3CC3CC3)c(C)n12. The molecule has 1 aromatic carbocycles. The molecule has 4 aromatic heterocycles. The van der Waals surface area contributed by atoms with Crippen molar-refractivity contribution in [3.8, 4) is 28.5 Å². The van der Waals surface area contributed by atoms with Crippen molar-refractivity contribution in [2.75, 3.05) is 7.11 Å². The summed E-state index contributed by atoms with van der Waals surface area (Å²) in [6.07, 6.45) is 0.391. The van der Waals surface area contributed by atoms with Crippen LogP contribution in [0.3, 0.4) is 0 Å². The molecule has 11 heteroatoms. The third kappa shape index (κ3) is 4.50. The number of nitrogens with zero attached hydrogens (tertiary/aromatic N) is 5. The number of ether oxygens (including phenoxy) is 1. The van der Waals surface area contributed by atoms with Crippen LogP contribution in [0.4, 0.5) is 13.2 Å². The Bertz CT molecular complexity index is 1990. The van der Waals surface area contributed by atoms with Crippen molar-refractivity contribution < 1.29 is 22.7 Å². The third-order valence-electron chi connectivity index (χ3n) is 9.83. The minimum absolute atomic E-state index is 0.00283. The maximum absolute atomic E-state index is 13.9. The van der Waals surface area contributed by atoms with Gasteiger partial charge in [-0.3, -0.25) is 9.20 Å². The van der Waals surface area contributed by atoms with Crippen LogP contribution in [0.25, 0.3) is 39.3 Å². The number of hydrogen-bond acceptors (Lipinski definition) is 5. The normalized spacial score (nSPS) is 21.4. The summed E-state index contributed by atoms with van der Waals surface area (Å²) in [5.74, 6) is 0.903. The van der Waals surface area contributed by atoms with E-state index >= 15 is 0 Å². The van der Waals surface area contributed by atoms with Gasteiger partial charge in [0.1, 0.15) is 17.0 Å². The standard InChI is InChI=1S/C34H33F3N6O2/c1-18-31(40-29-14-21(15-30(45-2)42(18)29)33(44)43-22-10-12-27(43)25(38)16-22)28-13-20-9-11-26(39-32(20)41(28)17-19-7-8-19)23-5-3-4-6-24(23)34(35,36)37/h3-6,9,11,13-15,19,22,25,27H,7-8,10,12,16-17,38H2,1-2H3/t22-,25+,27+/m0/s1. The maximum Gasteiger partial charge on any atom is 0.417 e. The zero-order valence-corrected chi connectivity index (χ0v) is 25.0. The highest BCUT2D eigenvalue weighted by atomic mass is 19.4. The van der Waals surface area contributed by atoms with Crippen LogP contribution in [-0.4, -0.2) is 55.0 Å². The Kier molecular flexibility index (Phi) is 6.29. The smallest absolute Gasteiger partial charge is 0.417 e. The number of fused-ring (bicyclic) bond motifs is 4. The van der Waals surface area contributed by atoms with Crippen molar-refractivity contribution >= 4 is 22.6 Å². The van der Waals surface area contributed by atoms with Gasteiger partial charge in [0.15, 0.2) is 5.88 Å². The first-order chi connectivity index (χ1) is 21.6. The molecule has 0 spiro atoms. The molecule has 2 saturated heterocycles. The number of aromatic nitrogens is 4. The molecule has 8 nitrogen and oxygen atoms in total. The van der Waals surface area contributed by atoms with Crippen molar-refractivity contribution in [3.63, 3.8) is 0 Å². The van der Waals surface area contributed by atoms with Gasteiger partial charge in [0.05, 0.1) is 29.8 Å². The first-order valence-corrected chi connectivity index (χ1v) is 15.4. The maximum atomic E-state index is 13.9. The van der Waals surface area contributed by atoms with E-state index in [2.05, 4.69) is 4.57 Å². The second kappa shape index (κ2) is 10.1. The lowest BCUT2D eigenvalue weighted by atomic mass is 9.97. The Hall–Kier alpha value is -4.38. The van der Waals surface area contributed by atoms with Gasteiger partial charge in [0, 0.05) is 47.2 Å². The van der Waals surface area contributed by atoms with Crippen LogP contribution in [0.15, 0.2) is 54.6 Å². The second-order valence-electron chi connectivity index (χ2n) is 12.7. The highest BCUT2D eigenvalue weighted by molar-refractivity contribution is 5.97. The number of methoxy groups -OCH3 is 1. The van der Waals surface area contributed by atoms with Crippen LogP contribution in [0, 0.1) is 12.8 Å². The number of halogens is 3. The van der Waals surface area contributed by atoms with E-state index in [0.717, 1.165) is 54.9 Å². The van der Waals surface area contributed by atoms with Crippen molar-refractivity contribution in [3.05, 3.63) is 71.4 Å². The number of alkyl halides is 3. The Balaban J connectivity index is 1.26. The first-order valence-electron chi connectivity index (χ1n) is 15.4. The van der Waals surface area contributed by atoms with Crippen LogP contribution in [0.2, 0.25) is 0 Å². The van der Waals surface area contributed by atoms with Gasteiger partial charge in [-0.15, -0.1) is 0 Å². The average molecular weight is 615 g/mol. The van der Waals surface area contributed by atoms with Crippen molar-refractivity contribution in [1.82, 2.24) is 23.8 Å². The Morgan fingerprint density at radius 3 is 2.53 bits per heavy atom. The van der Waals surface area contributed by atoms with Gasteiger partial charge in [-0.2, -0.15) is 13.2 Å². The monoisotopic (exact) mass is 614 g/mol. The number of carbonyl (C=O) groups excluding carboxylic acids is 1. The Morgan fingerprint density at radius 2 is 1.84 bits per heavy atom. The molecule has 2 aliphatic heterocycles. The van der Waals surface area contributed by atoms with E-state index in [0.29, 0.717) is 40.9 Å². The van der Waals surface area contributed by atoms with Crippen molar-refractivity contribution in [2.24, 2.45) is 11.7 Å². The second-order valence-corrected chi connectivity index (χ2v) is 12.7. The molecule has 3 atom stereocenters. The van der Waals surface area contributed by atoms with Gasteiger partial charge in [0.25, 0.3) is 5.91 Å². The highest BCUT2D eigenvalue weighted by Gasteiger charge is 2.47. The van der Waals surface area contributed by atoms with E-state index < -0.39 is 11.7 Å². The van der Waals surface area contributed by atoms with Gasteiger partial charge in [-0.1, -0.05) is 18.2 Å². The highest BCUT2D eigenvalue weighted by Crippen LogP contribution is 2.41. The molecule has 2 bridgehead atoms. The van der Waals surface area contributed by atoms with Crippen LogP contribution in [0.5, 0.6) is 5.88 Å². The summed E-state index contributed by atoms with van der Waals surface area (Å²) in [6, 6.07) is 14.8. The summed E-state index contributed by atoms with van der Waals surface area (Å²) >= 11 is 0. The van der Waals surface area contributed by atoms with Crippen LogP contribution < -0.4 is 10.5 Å². The van der Waals surface area contributed by atoms with E-state index in [9.17, 15) is 18.0 Å². The molecular formula is C34H33F3N6O2. The molecule has 0 radical (unpaired) electrons. The van der Waals surface area contributed by atoms with Crippen molar-refractivity contribution in [1.29, 1.82) is 0 Å². The fraction of sp³-hybridized carbons (Fsp3) is 0.382. The van der Waals surface area contributed by atoms with Crippen LogP contribution in [-0.2, 0) is 12.7 Å². The minimum Gasteiger partial charge on any atom is -0.482 e. The lowest BCUT2D eigenvalue weighted by Crippen LogP contribution is -2.40. The summed E-state index contributed by atoms with van der Waals surface area (Å²) in [7, 11) is 1.58. The lowest BCUT2D eigenvalue weighted by Gasteiger charge is -2.23. The van der Waals surface area contributed by atoms with E-state index in [1.54, 1.807) is 25.3 Å². The molecule has 1 saturated carbocycles. The van der Waals surface area contributed by atoms with Gasteiger partial charge >= 0.3 is 6.18 Å². The summed E-state index contributed by atoms with van der Waals surface area (Å²) in [4.78, 5) is 25.5. The Morgan fingerprint density at radius 1 is 1.04 bits per heavy atom. The number of amides is 1. The Labute approximate surface area is 257 Å². The summed E-state index contributed by atoms with van der Waals surface area (Å²) in [6.45, 7) is 2.64. The molecule has 0 unspecified atom stereocenters. The fourth-order valence-electron chi connectivity index (χ4n) is 7.46. The largest absolute Gasteiger partial charge is 0.482 e. The topological polar surface area (TPSA) is 90.7 Å². The summed E-state index contributed by atoms with van der Waals surface area (Å²) in [5.41, 5.74) is 9.99.